The molecule has 45 heavy (non-hydrogen) atoms. The Bertz CT molecular complexity index is 1520. The van der Waals surface area contributed by atoms with E-state index in [1.54, 1.807) is 35.3 Å². The van der Waals surface area contributed by atoms with Gasteiger partial charge in [-0.15, -0.1) is 0 Å². The molecule has 4 atom stereocenters. The molecule has 1 saturated heterocycles. The minimum atomic E-state index is -1.58. The molecule has 4 unspecified atom stereocenters. The summed E-state index contributed by atoms with van der Waals surface area (Å²) in [5.41, 5.74) is 4.31. The van der Waals surface area contributed by atoms with Crippen molar-refractivity contribution in [3.63, 3.8) is 0 Å². The summed E-state index contributed by atoms with van der Waals surface area (Å²) in [5, 5.41) is 3.48. The molecule has 0 bridgehead atoms. The van der Waals surface area contributed by atoms with E-state index in [2.05, 4.69) is 28.4 Å². The van der Waals surface area contributed by atoms with E-state index in [4.69, 9.17) is 9.47 Å². The molecule has 0 radical (unpaired) electrons. The lowest BCUT2D eigenvalue weighted by molar-refractivity contribution is -0.164. The fourth-order valence-corrected chi connectivity index (χ4v) is 6.10. The Labute approximate surface area is 262 Å². The van der Waals surface area contributed by atoms with Crippen LogP contribution in [-0.2, 0) is 28.7 Å². The number of aldehydes is 1. The van der Waals surface area contributed by atoms with Crippen LogP contribution >= 0.6 is 0 Å². The number of likely N-dealkylation sites (N-methyl/N-ethyl adjacent to an activating group) is 2. The number of hydrogen-bond acceptors (Lipinski definition) is 9. The molecule has 0 saturated carbocycles. The second-order valence-electron chi connectivity index (χ2n) is 11.5. The SMILES string of the molecule is CN(C)C(=O)C(OC(=O)C1=CCCC=C1)C(C=O)OC(=O)c1ccccc1.CN1C(=O)CN2c3c(cccc31)C1CNCCC12. The first-order valence-electron chi connectivity index (χ1n) is 15.1. The van der Waals surface area contributed by atoms with Crippen LogP contribution in [0.1, 0.15) is 41.1 Å². The number of carbonyl (C=O) groups excluding carboxylic acids is 5. The van der Waals surface area contributed by atoms with Crippen molar-refractivity contribution in [3.8, 4) is 0 Å². The van der Waals surface area contributed by atoms with Crippen LogP contribution in [0.5, 0.6) is 0 Å². The standard InChI is InChI=1S/C20H21NO6.C14H17N3O/c1-21(2)18(23)17(27-20(25)15-11-7-4-8-12-15)16(13-22)26-19(24)14-9-5-3-6-10-14;1-16-12-4-2-3-9-10-7-15-6-5-11(10)17(14(9)12)8-13(16)18/h3,5-7,9-13,16-17H,4,8H2,1-2H3;2-4,10-11,15H,5-8H2,1H3. The molecular weight excluding hydrogens is 576 g/mol. The Balaban J connectivity index is 0.000000191. The van der Waals surface area contributed by atoms with Crippen LogP contribution in [0, 0.1) is 0 Å². The molecule has 3 heterocycles. The topological polar surface area (TPSA) is 126 Å². The zero-order valence-electron chi connectivity index (χ0n) is 25.7. The Kier molecular flexibility index (Phi) is 9.77. The van der Waals surface area contributed by atoms with E-state index in [1.165, 1.54) is 37.5 Å². The van der Waals surface area contributed by atoms with Crippen LogP contribution in [0.25, 0.3) is 0 Å². The van der Waals surface area contributed by atoms with Crippen LogP contribution in [0.2, 0.25) is 0 Å². The first-order valence-corrected chi connectivity index (χ1v) is 15.1. The van der Waals surface area contributed by atoms with Crippen molar-refractivity contribution >= 4 is 41.4 Å². The quantitative estimate of drug-likeness (QED) is 0.370. The first-order chi connectivity index (χ1) is 21.7. The van der Waals surface area contributed by atoms with Crippen LogP contribution in [-0.4, -0.2) is 94.0 Å². The molecule has 236 valence electrons. The van der Waals surface area contributed by atoms with Gasteiger partial charge in [0.15, 0.2) is 6.29 Å². The van der Waals surface area contributed by atoms with Gasteiger partial charge in [0.1, 0.15) is 0 Å². The molecule has 4 aliphatic rings. The van der Waals surface area contributed by atoms with Gasteiger partial charge in [-0.1, -0.05) is 48.6 Å². The fourth-order valence-electron chi connectivity index (χ4n) is 6.10. The number of fused-ring (bicyclic) bond motifs is 3. The van der Waals surface area contributed by atoms with Crippen LogP contribution in [0.4, 0.5) is 11.4 Å². The minimum absolute atomic E-state index is 0.207. The number of benzene rings is 2. The molecule has 2 aromatic carbocycles. The number of nitrogens with zero attached hydrogens (tertiary/aromatic N) is 3. The second kappa shape index (κ2) is 13.9. The van der Waals surface area contributed by atoms with Crippen molar-refractivity contribution in [1.29, 1.82) is 0 Å². The van der Waals surface area contributed by atoms with Gasteiger partial charge in [-0.2, -0.15) is 0 Å². The number of anilines is 2. The van der Waals surface area contributed by atoms with Crippen LogP contribution in [0.15, 0.2) is 72.3 Å². The van der Waals surface area contributed by atoms with Crippen molar-refractivity contribution in [2.45, 2.75) is 43.4 Å². The molecular formula is C34H38N4O7. The number of para-hydroxylation sites is 1. The first kappa shape index (κ1) is 31.6. The van der Waals surface area contributed by atoms with Gasteiger partial charge < -0.3 is 29.5 Å². The summed E-state index contributed by atoms with van der Waals surface area (Å²) in [5.74, 6) is -1.46. The van der Waals surface area contributed by atoms with Crippen molar-refractivity contribution in [2.24, 2.45) is 0 Å². The normalized spacial score (nSPS) is 20.8. The maximum atomic E-state index is 12.4. The Morgan fingerprint density at radius 1 is 1.02 bits per heavy atom. The third kappa shape index (κ3) is 6.68. The molecule has 1 N–H and O–H groups in total. The van der Waals surface area contributed by atoms with Crippen LogP contribution in [0.3, 0.4) is 0 Å². The van der Waals surface area contributed by atoms with Crippen molar-refractivity contribution < 1.29 is 33.4 Å². The molecule has 2 amide bonds. The lowest BCUT2D eigenvalue weighted by atomic mass is 9.90. The molecule has 1 fully saturated rings. The third-order valence-electron chi connectivity index (χ3n) is 8.45. The maximum Gasteiger partial charge on any atom is 0.338 e. The highest BCUT2D eigenvalue weighted by atomic mass is 16.6. The van der Waals surface area contributed by atoms with Gasteiger partial charge in [0.05, 0.1) is 29.1 Å². The summed E-state index contributed by atoms with van der Waals surface area (Å²) in [4.78, 5) is 65.9. The van der Waals surface area contributed by atoms with E-state index in [9.17, 15) is 24.0 Å². The highest BCUT2D eigenvalue weighted by Gasteiger charge is 2.44. The zero-order chi connectivity index (χ0) is 32.1. The lowest BCUT2D eigenvalue weighted by Gasteiger charge is -2.38. The van der Waals surface area contributed by atoms with Gasteiger partial charge >= 0.3 is 11.9 Å². The predicted octanol–water partition coefficient (Wildman–Crippen LogP) is 2.62. The predicted molar refractivity (Wildman–Crippen MR) is 168 cm³/mol. The Morgan fingerprint density at radius 3 is 2.49 bits per heavy atom. The summed E-state index contributed by atoms with van der Waals surface area (Å²) in [6, 6.07) is 14.9. The number of amides is 2. The maximum absolute atomic E-state index is 12.4. The van der Waals surface area contributed by atoms with Gasteiger partial charge in [0.2, 0.25) is 18.1 Å². The molecule has 0 spiro atoms. The molecule has 11 heteroatoms. The van der Waals surface area contributed by atoms with E-state index < -0.39 is 30.1 Å². The number of allylic oxidation sites excluding steroid dienone is 2. The summed E-state index contributed by atoms with van der Waals surface area (Å²) < 4.78 is 10.4. The van der Waals surface area contributed by atoms with Crippen molar-refractivity contribution in [3.05, 3.63) is 83.5 Å². The molecule has 11 nitrogen and oxygen atoms in total. The van der Waals surface area contributed by atoms with E-state index in [1.807, 2.05) is 13.1 Å². The van der Waals surface area contributed by atoms with Gasteiger partial charge in [0.25, 0.3) is 5.91 Å². The van der Waals surface area contributed by atoms with E-state index in [-0.39, 0.29) is 23.3 Å². The zero-order valence-corrected chi connectivity index (χ0v) is 25.7. The smallest absolute Gasteiger partial charge is 0.338 e. The number of nitrogens with one attached hydrogen (secondary N) is 1. The summed E-state index contributed by atoms with van der Waals surface area (Å²) in [6.07, 6.45) is 4.85. The van der Waals surface area contributed by atoms with Crippen molar-refractivity contribution in [1.82, 2.24) is 10.2 Å². The third-order valence-corrected chi connectivity index (χ3v) is 8.45. The lowest BCUT2D eigenvalue weighted by Crippen LogP contribution is -2.50. The van der Waals surface area contributed by atoms with Crippen LogP contribution < -0.4 is 15.1 Å². The van der Waals surface area contributed by atoms with Gasteiger partial charge in [-0.05, 0) is 49.6 Å². The number of carbonyl (C=O) groups is 5. The van der Waals surface area contributed by atoms with Gasteiger partial charge in [-0.3, -0.25) is 14.4 Å². The van der Waals surface area contributed by atoms with Crippen molar-refractivity contribution in [2.75, 3.05) is 50.6 Å². The largest absolute Gasteiger partial charge is 0.446 e. The van der Waals surface area contributed by atoms with E-state index in [0.29, 0.717) is 24.9 Å². The van der Waals surface area contributed by atoms with E-state index in [0.717, 1.165) is 36.5 Å². The molecule has 2 aromatic rings. The van der Waals surface area contributed by atoms with Gasteiger partial charge in [-0.25, -0.2) is 9.59 Å². The van der Waals surface area contributed by atoms with Gasteiger partial charge in [0, 0.05) is 39.6 Å². The average molecular weight is 615 g/mol. The fraction of sp³-hybridized carbons (Fsp3) is 0.382. The Hall–Kier alpha value is -4.77. The number of esters is 2. The highest BCUT2D eigenvalue weighted by Crippen LogP contribution is 2.49. The minimum Gasteiger partial charge on any atom is -0.446 e. The summed E-state index contributed by atoms with van der Waals surface area (Å²) >= 11 is 0. The van der Waals surface area contributed by atoms with E-state index >= 15 is 0 Å². The molecule has 3 aliphatic heterocycles. The Morgan fingerprint density at radius 2 is 1.80 bits per heavy atom. The molecule has 1 aliphatic carbocycles. The summed E-state index contributed by atoms with van der Waals surface area (Å²) in [6.45, 7) is 2.64. The molecule has 0 aromatic heterocycles. The average Bonchev–Trinajstić information content (AvgIpc) is 3.39. The number of piperidine rings is 1. The highest BCUT2D eigenvalue weighted by molar-refractivity contribution is 6.04. The monoisotopic (exact) mass is 614 g/mol. The number of rotatable bonds is 7. The molecule has 6 rings (SSSR count). The number of hydrogen-bond donors (Lipinski definition) is 1. The summed E-state index contributed by atoms with van der Waals surface area (Å²) in [7, 11) is 4.78. The second-order valence-corrected chi connectivity index (χ2v) is 11.5. The number of ether oxygens (including phenoxy) is 2.